The highest BCUT2D eigenvalue weighted by molar-refractivity contribution is 6.35. The highest BCUT2D eigenvalue weighted by Crippen LogP contribution is 2.51. The zero-order valence-electron chi connectivity index (χ0n) is 16.1. The lowest BCUT2D eigenvalue weighted by Crippen LogP contribution is -2.21. The van der Waals surface area contributed by atoms with Crippen LogP contribution in [0.4, 0.5) is 0 Å². The second-order valence-electron chi connectivity index (χ2n) is 7.53. The number of rotatable bonds is 1. The van der Waals surface area contributed by atoms with E-state index in [1.165, 1.54) is 0 Å². The molecule has 1 aromatic heterocycles. The van der Waals surface area contributed by atoms with E-state index in [0.717, 1.165) is 27.3 Å². The molecule has 0 saturated carbocycles. The first-order valence-corrected chi connectivity index (χ1v) is 10.6. The molecule has 6 rings (SSSR count). The summed E-state index contributed by atoms with van der Waals surface area (Å²) in [6.45, 7) is 0. The van der Waals surface area contributed by atoms with Gasteiger partial charge in [-0.25, -0.2) is 4.79 Å². The molecule has 0 amide bonds. The molecule has 0 radical (unpaired) electrons. The fourth-order valence-corrected chi connectivity index (χ4v) is 4.98. The van der Waals surface area contributed by atoms with Gasteiger partial charge in [0.15, 0.2) is 0 Å². The summed E-state index contributed by atoms with van der Waals surface area (Å²) in [7, 11) is 0. The Morgan fingerprint density at radius 3 is 2.39 bits per heavy atom. The van der Waals surface area contributed by atoms with E-state index in [9.17, 15) is 4.79 Å². The molecule has 0 spiro atoms. The lowest BCUT2D eigenvalue weighted by atomic mass is 9.80. The molecular formula is C26H14Cl2O3. The molecule has 0 saturated heterocycles. The standard InChI is InChI=1S/C26H14Cl2O3/c27-15-10-11-17(19(28)13-15)23-22-16-6-2-1-5-14(16)9-12-21(22)30-25-18-7-3-4-8-20(18)31-26(29)24(23)25/h1-13,23H. The maximum absolute atomic E-state index is 13.3. The summed E-state index contributed by atoms with van der Waals surface area (Å²) >= 11 is 12.8. The molecule has 1 aliphatic rings. The van der Waals surface area contributed by atoms with Crippen molar-refractivity contribution in [2.45, 2.75) is 5.92 Å². The first kappa shape index (κ1) is 18.5. The van der Waals surface area contributed by atoms with E-state index in [4.69, 9.17) is 32.4 Å². The van der Waals surface area contributed by atoms with Crippen LogP contribution in [0.1, 0.15) is 22.6 Å². The SMILES string of the molecule is O=c1oc2ccccc2c2c1C(c1ccc(Cl)cc1Cl)c1c(ccc3ccccc13)O2. The van der Waals surface area contributed by atoms with Crippen molar-refractivity contribution in [3.8, 4) is 11.5 Å². The van der Waals surface area contributed by atoms with Gasteiger partial charge in [0.1, 0.15) is 17.1 Å². The van der Waals surface area contributed by atoms with Gasteiger partial charge in [-0.3, -0.25) is 0 Å². The van der Waals surface area contributed by atoms with Crippen molar-refractivity contribution < 1.29 is 9.15 Å². The summed E-state index contributed by atoms with van der Waals surface area (Å²) < 4.78 is 12.1. The summed E-state index contributed by atoms with van der Waals surface area (Å²) in [6.07, 6.45) is 0. The van der Waals surface area contributed by atoms with Crippen molar-refractivity contribution in [1.82, 2.24) is 0 Å². The van der Waals surface area contributed by atoms with Crippen LogP contribution in [0, 0.1) is 0 Å². The molecule has 0 bridgehead atoms. The van der Waals surface area contributed by atoms with E-state index in [1.807, 2.05) is 60.7 Å². The zero-order valence-corrected chi connectivity index (χ0v) is 17.6. The fraction of sp³-hybridized carbons (Fsp3) is 0.0385. The highest BCUT2D eigenvalue weighted by atomic mass is 35.5. The smallest absolute Gasteiger partial charge is 0.344 e. The number of benzene rings is 4. The van der Waals surface area contributed by atoms with Crippen LogP contribution in [0.5, 0.6) is 11.5 Å². The van der Waals surface area contributed by atoms with Crippen LogP contribution >= 0.6 is 23.2 Å². The number of hydrogen-bond donors (Lipinski definition) is 0. The average Bonchev–Trinajstić information content (AvgIpc) is 2.78. The van der Waals surface area contributed by atoms with E-state index in [2.05, 4.69) is 0 Å². The predicted octanol–water partition coefficient (Wildman–Crippen LogP) is 7.54. The Kier molecular flexibility index (Phi) is 4.10. The Bertz CT molecular complexity index is 1570. The normalized spacial score (nSPS) is 14.8. The van der Waals surface area contributed by atoms with E-state index in [-0.39, 0.29) is 0 Å². The molecule has 2 heterocycles. The van der Waals surface area contributed by atoms with Crippen molar-refractivity contribution in [1.29, 1.82) is 0 Å². The van der Waals surface area contributed by atoms with Gasteiger partial charge in [0, 0.05) is 15.6 Å². The number of fused-ring (bicyclic) bond motifs is 6. The van der Waals surface area contributed by atoms with Crippen molar-refractivity contribution in [2.24, 2.45) is 0 Å². The maximum atomic E-state index is 13.3. The Balaban J connectivity index is 1.78. The quantitative estimate of drug-likeness (QED) is 0.246. The number of ether oxygens (including phenoxy) is 1. The Hall–Kier alpha value is -3.27. The second-order valence-corrected chi connectivity index (χ2v) is 8.37. The van der Waals surface area contributed by atoms with Gasteiger partial charge in [0.25, 0.3) is 0 Å². The van der Waals surface area contributed by atoms with Gasteiger partial charge < -0.3 is 9.15 Å². The molecule has 31 heavy (non-hydrogen) atoms. The summed E-state index contributed by atoms with van der Waals surface area (Å²) in [4.78, 5) is 13.3. The molecule has 1 aliphatic heterocycles. The molecule has 5 aromatic rings. The summed E-state index contributed by atoms with van der Waals surface area (Å²) in [5.74, 6) is 0.735. The van der Waals surface area contributed by atoms with Gasteiger partial charge >= 0.3 is 5.63 Å². The van der Waals surface area contributed by atoms with Gasteiger partial charge in [0.2, 0.25) is 0 Å². The zero-order chi connectivity index (χ0) is 21.1. The van der Waals surface area contributed by atoms with Crippen LogP contribution in [-0.2, 0) is 0 Å². The van der Waals surface area contributed by atoms with Gasteiger partial charge in [0.05, 0.1) is 16.9 Å². The first-order chi connectivity index (χ1) is 15.1. The minimum atomic E-state index is -0.463. The number of halogens is 2. The van der Waals surface area contributed by atoms with Crippen molar-refractivity contribution in [3.05, 3.63) is 116 Å². The molecule has 5 heteroatoms. The first-order valence-electron chi connectivity index (χ1n) is 9.82. The van der Waals surface area contributed by atoms with Gasteiger partial charge in [-0.15, -0.1) is 0 Å². The molecule has 1 unspecified atom stereocenters. The Morgan fingerprint density at radius 1 is 0.774 bits per heavy atom. The molecule has 0 aliphatic carbocycles. The van der Waals surface area contributed by atoms with Crippen molar-refractivity contribution in [2.75, 3.05) is 0 Å². The summed E-state index contributed by atoms with van der Waals surface area (Å²) in [5.41, 5.74) is 2.14. The molecule has 0 fully saturated rings. The summed E-state index contributed by atoms with van der Waals surface area (Å²) in [6, 6.07) is 24.7. The van der Waals surface area contributed by atoms with Crippen LogP contribution in [0.3, 0.4) is 0 Å². The minimum Gasteiger partial charge on any atom is -0.456 e. The molecule has 4 aromatic carbocycles. The van der Waals surface area contributed by atoms with Gasteiger partial charge in [-0.2, -0.15) is 0 Å². The lowest BCUT2D eigenvalue weighted by Gasteiger charge is -2.30. The van der Waals surface area contributed by atoms with Crippen LogP contribution < -0.4 is 10.4 Å². The van der Waals surface area contributed by atoms with Gasteiger partial charge in [-0.1, -0.05) is 71.7 Å². The predicted molar refractivity (Wildman–Crippen MR) is 124 cm³/mol. The van der Waals surface area contributed by atoms with Crippen LogP contribution in [0.2, 0.25) is 10.0 Å². The van der Waals surface area contributed by atoms with E-state index in [0.29, 0.717) is 32.7 Å². The number of hydrogen-bond acceptors (Lipinski definition) is 3. The third-order valence-electron chi connectivity index (χ3n) is 5.79. The molecule has 150 valence electrons. The molecule has 1 atom stereocenters. The monoisotopic (exact) mass is 444 g/mol. The minimum absolute atomic E-state index is 0.437. The van der Waals surface area contributed by atoms with Crippen molar-refractivity contribution in [3.63, 3.8) is 0 Å². The van der Waals surface area contributed by atoms with E-state index < -0.39 is 11.5 Å². The molecule has 0 N–H and O–H groups in total. The van der Waals surface area contributed by atoms with Crippen LogP contribution in [0.15, 0.2) is 88.1 Å². The Labute approximate surface area is 187 Å². The maximum Gasteiger partial charge on any atom is 0.344 e. The van der Waals surface area contributed by atoms with Crippen LogP contribution in [-0.4, -0.2) is 0 Å². The second kappa shape index (κ2) is 6.88. The largest absolute Gasteiger partial charge is 0.456 e. The van der Waals surface area contributed by atoms with Gasteiger partial charge in [-0.05, 0) is 46.7 Å². The lowest BCUT2D eigenvalue weighted by molar-refractivity contribution is 0.441. The third-order valence-corrected chi connectivity index (χ3v) is 6.35. The van der Waals surface area contributed by atoms with E-state index in [1.54, 1.807) is 18.2 Å². The van der Waals surface area contributed by atoms with Crippen molar-refractivity contribution >= 4 is 44.9 Å². The number of para-hydroxylation sites is 1. The summed E-state index contributed by atoms with van der Waals surface area (Å²) in [5, 5.41) is 3.80. The topological polar surface area (TPSA) is 39.4 Å². The van der Waals surface area contributed by atoms with Crippen LogP contribution in [0.25, 0.3) is 21.7 Å². The average molecular weight is 445 g/mol. The Morgan fingerprint density at radius 2 is 1.55 bits per heavy atom. The molecule has 3 nitrogen and oxygen atoms in total. The highest BCUT2D eigenvalue weighted by Gasteiger charge is 2.36. The van der Waals surface area contributed by atoms with E-state index >= 15 is 0 Å². The molecular weight excluding hydrogens is 431 g/mol. The fourth-order valence-electron chi connectivity index (χ4n) is 4.46. The third kappa shape index (κ3) is 2.78.